The molecular formula is C15H31Cl2N3O2. The Kier molecular flexibility index (Phi) is 9.90. The molecule has 2 aliphatic heterocycles. The van der Waals surface area contributed by atoms with Gasteiger partial charge in [0.2, 0.25) is 5.91 Å². The highest BCUT2D eigenvalue weighted by Crippen LogP contribution is 2.19. The zero-order valence-electron chi connectivity index (χ0n) is 14.0. The van der Waals surface area contributed by atoms with E-state index in [1.54, 1.807) is 0 Å². The van der Waals surface area contributed by atoms with Gasteiger partial charge in [-0.15, -0.1) is 24.8 Å². The number of amides is 1. The van der Waals surface area contributed by atoms with E-state index < -0.39 is 0 Å². The summed E-state index contributed by atoms with van der Waals surface area (Å²) in [5.41, 5.74) is 0.385. The van der Waals surface area contributed by atoms with Gasteiger partial charge in [0.1, 0.15) is 6.04 Å². The summed E-state index contributed by atoms with van der Waals surface area (Å²) in [5, 5.41) is 3.24. The van der Waals surface area contributed by atoms with Crippen LogP contribution in [-0.2, 0) is 9.53 Å². The molecule has 2 heterocycles. The molecule has 0 aliphatic carbocycles. The van der Waals surface area contributed by atoms with Crippen LogP contribution in [0.2, 0.25) is 0 Å². The molecule has 2 saturated heterocycles. The second kappa shape index (κ2) is 9.93. The van der Waals surface area contributed by atoms with Gasteiger partial charge in [-0.05, 0) is 18.4 Å². The molecule has 2 rings (SSSR count). The molecule has 0 spiro atoms. The van der Waals surface area contributed by atoms with Gasteiger partial charge in [-0.1, -0.05) is 20.8 Å². The predicted octanol–water partition coefficient (Wildman–Crippen LogP) is 1.40. The van der Waals surface area contributed by atoms with E-state index in [1.165, 1.54) is 6.42 Å². The SMILES string of the molecule is CC(C)(C)CCN1CCN(C(=O)C2COCCN2)CC1.Cl.Cl. The Hall–Kier alpha value is -0.0700. The van der Waals surface area contributed by atoms with E-state index in [2.05, 4.69) is 31.0 Å². The van der Waals surface area contributed by atoms with Crippen LogP contribution in [-0.4, -0.2) is 74.2 Å². The van der Waals surface area contributed by atoms with Crippen LogP contribution in [0.3, 0.4) is 0 Å². The number of rotatable bonds is 3. The molecule has 1 atom stereocenters. The normalized spacial score (nSPS) is 23.4. The van der Waals surface area contributed by atoms with Crippen LogP contribution < -0.4 is 5.32 Å². The number of ether oxygens (including phenoxy) is 1. The standard InChI is InChI=1S/C15H29N3O2.2ClH/c1-15(2,3)4-6-17-7-9-18(10-8-17)14(19)13-12-20-11-5-16-13;;/h13,16H,4-12H2,1-3H3;2*1H. The summed E-state index contributed by atoms with van der Waals surface area (Å²) >= 11 is 0. The van der Waals surface area contributed by atoms with Crippen molar-refractivity contribution in [1.82, 2.24) is 15.1 Å². The number of carbonyl (C=O) groups excluding carboxylic acids is 1. The Labute approximate surface area is 146 Å². The molecule has 5 nitrogen and oxygen atoms in total. The van der Waals surface area contributed by atoms with Crippen molar-refractivity contribution in [3.05, 3.63) is 0 Å². The second-order valence-corrected chi connectivity index (χ2v) is 7.06. The van der Waals surface area contributed by atoms with Crippen LogP contribution in [0, 0.1) is 5.41 Å². The molecule has 22 heavy (non-hydrogen) atoms. The van der Waals surface area contributed by atoms with Crippen LogP contribution >= 0.6 is 24.8 Å². The molecule has 1 unspecified atom stereocenters. The van der Waals surface area contributed by atoms with E-state index in [1.807, 2.05) is 4.90 Å². The zero-order valence-corrected chi connectivity index (χ0v) is 15.6. The molecule has 7 heteroatoms. The second-order valence-electron chi connectivity index (χ2n) is 7.06. The lowest BCUT2D eigenvalue weighted by Gasteiger charge is -2.38. The number of hydrogen-bond acceptors (Lipinski definition) is 4. The first kappa shape index (κ1) is 21.9. The first-order chi connectivity index (χ1) is 9.46. The lowest BCUT2D eigenvalue weighted by Crippen LogP contribution is -2.57. The van der Waals surface area contributed by atoms with Crippen LogP contribution in [0.4, 0.5) is 0 Å². The quantitative estimate of drug-likeness (QED) is 0.830. The van der Waals surface area contributed by atoms with E-state index in [0.717, 1.165) is 39.3 Å². The average molecular weight is 356 g/mol. The van der Waals surface area contributed by atoms with Crippen LogP contribution in [0.25, 0.3) is 0 Å². The van der Waals surface area contributed by atoms with Crippen molar-refractivity contribution in [1.29, 1.82) is 0 Å². The average Bonchev–Trinajstić information content (AvgIpc) is 2.45. The summed E-state index contributed by atoms with van der Waals surface area (Å²) < 4.78 is 5.37. The summed E-state index contributed by atoms with van der Waals surface area (Å²) in [4.78, 5) is 16.8. The predicted molar refractivity (Wildman–Crippen MR) is 94.2 cm³/mol. The highest BCUT2D eigenvalue weighted by Gasteiger charge is 2.28. The summed E-state index contributed by atoms with van der Waals surface area (Å²) in [6, 6.07) is -0.134. The molecule has 0 radical (unpaired) electrons. The fourth-order valence-corrected chi connectivity index (χ4v) is 2.63. The number of hydrogen-bond donors (Lipinski definition) is 1. The highest BCUT2D eigenvalue weighted by molar-refractivity contribution is 5.85. The maximum atomic E-state index is 12.3. The van der Waals surface area contributed by atoms with Crippen LogP contribution in [0.15, 0.2) is 0 Å². The molecule has 2 fully saturated rings. The van der Waals surface area contributed by atoms with Gasteiger partial charge >= 0.3 is 0 Å². The minimum atomic E-state index is -0.134. The van der Waals surface area contributed by atoms with E-state index in [-0.39, 0.29) is 36.8 Å². The van der Waals surface area contributed by atoms with Crippen LogP contribution in [0.1, 0.15) is 27.2 Å². The van der Waals surface area contributed by atoms with Gasteiger partial charge in [-0.25, -0.2) is 0 Å². The van der Waals surface area contributed by atoms with E-state index >= 15 is 0 Å². The largest absolute Gasteiger partial charge is 0.378 e. The Morgan fingerprint density at radius 2 is 1.82 bits per heavy atom. The first-order valence-electron chi connectivity index (χ1n) is 7.78. The van der Waals surface area contributed by atoms with E-state index in [9.17, 15) is 4.79 Å². The number of nitrogens with zero attached hydrogens (tertiary/aromatic N) is 2. The van der Waals surface area contributed by atoms with Gasteiger partial charge in [0.25, 0.3) is 0 Å². The summed E-state index contributed by atoms with van der Waals surface area (Å²) in [5.74, 6) is 0.208. The fraction of sp³-hybridized carbons (Fsp3) is 0.933. The third kappa shape index (κ3) is 7.01. The molecule has 0 bridgehead atoms. The number of nitrogens with one attached hydrogen (secondary N) is 1. The minimum Gasteiger partial charge on any atom is -0.378 e. The summed E-state index contributed by atoms with van der Waals surface area (Å²) in [7, 11) is 0. The molecule has 0 aromatic carbocycles. The third-order valence-corrected chi connectivity index (χ3v) is 4.08. The first-order valence-corrected chi connectivity index (χ1v) is 7.78. The van der Waals surface area contributed by atoms with Crippen molar-refractivity contribution in [2.45, 2.75) is 33.2 Å². The lowest BCUT2D eigenvalue weighted by atomic mass is 9.92. The monoisotopic (exact) mass is 355 g/mol. The topological polar surface area (TPSA) is 44.8 Å². The number of halogens is 2. The smallest absolute Gasteiger partial charge is 0.242 e. The Balaban J connectivity index is 0.00000220. The molecular weight excluding hydrogens is 325 g/mol. The van der Waals surface area contributed by atoms with Crippen molar-refractivity contribution in [2.24, 2.45) is 5.41 Å². The maximum absolute atomic E-state index is 12.3. The molecule has 1 amide bonds. The zero-order chi connectivity index (χ0) is 14.6. The molecule has 1 N–H and O–H groups in total. The molecule has 0 saturated carbocycles. The molecule has 0 aromatic heterocycles. The van der Waals surface area contributed by atoms with Crippen molar-refractivity contribution < 1.29 is 9.53 Å². The van der Waals surface area contributed by atoms with Gasteiger partial charge in [0.05, 0.1) is 13.2 Å². The van der Waals surface area contributed by atoms with Crippen molar-refractivity contribution in [2.75, 3.05) is 52.5 Å². The number of piperazine rings is 1. The van der Waals surface area contributed by atoms with E-state index in [0.29, 0.717) is 18.6 Å². The number of carbonyl (C=O) groups is 1. The van der Waals surface area contributed by atoms with Crippen molar-refractivity contribution in [3.8, 4) is 0 Å². The summed E-state index contributed by atoms with van der Waals surface area (Å²) in [6.45, 7) is 13.7. The van der Waals surface area contributed by atoms with Crippen molar-refractivity contribution >= 4 is 30.7 Å². The lowest BCUT2D eigenvalue weighted by molar-refractivity contribution is -0.138. The maximum Gasteiger partial charge on any atom is 0.242 e. The Bertz CT molecular complexity index is 323. The Morgan fingerprint density at radius 1 is 1.18 bits per heavy atom. The third-order valence-electron chi connectivity index (χ3n) is 4.08. The van der Waals surface area contributed by atoms with Gasteiger partial charge in [-0.2, -0.15) is 0 Å². The molecule has 132 valence electrons. The van der Waals surface area contributed by atoms with Gasteiger partial charge in [0.15, 0.2) is 0 Å². The van der Waals surface area contributed by atoms with Crippen molar-refractivity contribution in [3.63, 3.8) is 0 Å². The highest BCUT2D eigenvalue weighted by atomic mass is 35.5. The number of morpholine rings is 1. The summed E-state index contributed by atoms with van der Waals surface area (Å²) in [6.07, 6.45) is 1.21. The van der Waals surface area contributed by atoms with Gasteiger partial charge < -0.3 is 15.0 Å². The van der Waals surface area contributed by atoms with Gasteiger partial charge in [-0.3, -0.25) is 9.69 Å². The molecule has 2 aliphatic rings. The fourth-order valence-electron chi connectivity index (χ4n) is 2.63. The van der Waals surface area contributed by atoms with Gasteiger partial charge in [0, 0.05) is 32.7 Å². The Morgan fingerprint density at radius 3 is 2.32 bits per heavy atom. The minimum absolute atomic E-state index is 0. The molecule has 0 aromatic rings. The van der Waals surface area contributed by atoms with Crippen LogP contribution in [0.5, 0.6) is 0 Å². The van der Waals surface area contributed by atoms with E-state index in [4.69, 9.17) is 4.74 Å².